The monoisotopic (exact) mass is 195 g/mol. The lowest BCUT2D eigenvalue weighted by Gasteiger charge is -2.01. The van der Waals surface area contributed by atoms with E-state index in [9.17, 15) is 0 Å². The molecule has 4 heteroatoms. The number of hydrogen-bond donors (Lipinski definition) is 1. The Morgan fingerprint density at radius 2 is 1.85 bits per heavy atom. The average Bonchev–Trinajstić information content (AvgIpc) is 2.42. The van der Waals surface area contributed by atoms with Gasteiger partial charge in [-0.25, -0.2) is 9.97 Å². The smallest absolute Gasteiger partial charge is 0.178 e. The molecule has 0 amide bonds. The molecule has 0 fully saturated rings. The number of aryl methyl sites for hydroxylation is 3. The van der Waals surface area contributed by atoms with Crippen molar-refractivity contribution in [3.05, 3.63) is 22.1 Å². The van der Waals surface area contributed by atoms with Crippen LogP contribution < -0.4 is 0 Å². The minimum atomic E-state index is 0.719. The lowest BCUT2D eigenvalue weighted by molar-refractivity contribution is 1.15. The molecule has 2 aromatic heterocycles. The zero-order chi connectivity index (χ0) is 9.59. The van der Waals surface area contributed by atoms with Crippen LogP contribution in [0.2, 0.25) is 5.02 Å². The van der Waals surface area contributed by atoms with Gasteiger partial charge < -0.3 is 4.98 Å². The van der Waals surface area contributed by atoms with Gasteiger partial charge >= 0.3 is 0 Å². The third-order valence-electron chi connectivity index (χ3n) is 2.10. The molecule has 1 N–H and O–H groups in total. The number of pyridine rings is 1. The van der Waals surface area contributed by atoms with Crippen molar-refractivity contribution < 1.29 is 0 Å². The summed E-state index contributed by atoms with van der Waals surface area (Å²) in [5.74, 6) is 0.868. The predicted molar refractivity (Wildman–Crippen MR) is 53.1 cm³/mol. The van der Waals surface area contributed by atoms with Crippen molar-refractivity contribution in [2.24, 2.45) is 0 Å². The van der Waals surface area contributed by atoms with Gasteiger partial charge in [-0.3, -0.25) is 0 Å². The van der Waals surface area contributed by atoms with E-state index in [0.717, 1.165) is 33.3 Å². The number of hydrogen-bond acceptors (Lipinski definition) is 2. The van der Waals surface area contributed by atoms with Gasteiger partial charge in [-0.05, 0) is 26.3 Å². The van der Waals surface area contributed by atoms with E-state index in [2.05, 4.69) is 15.0 Å². The summed E-state index contributed by atoms with van der Waals surface area (Å²) in [4.78, 5) is 11.7. The first-order valence-corrected chi connectivity index (χ1v) is 4.46. The number of nitrogens with zero attached hydrogens (tertiary/aromatic N) is 2. The van der Waals surface area contributed by atoms with Gasteiger partial charge in [0.1, 0.15) is 5.82 Å². The summed E-state index contributed by atoms with van der Waals surface area (Å²) in [6, 6.07) is 0. The SMILES string of the molecule is Cc1nc2nc(C)c(Cl)c(C)c2[nH]1. The Kier molecular flexibility index (Phi) is 1.77. The number of nitrogens with one attached hydrogen (secondary N) is 1. The zero-order valence-electron chi connectivity index (χ0n) is 7.77. The predicted octanol–water partition coefficient (Wildman–Crippen LogP) is 2.54. The van der Waals surface area contributed by atoms with Gasteiger partial charge in [0.25, 0.3) is 0 Å². The fourth-order valence-corrected chi connectivity index (χ4v) is 1.55. The number of imidazole rings is 1. The molecule has 0 aliphatic carbocycles. The Morgan fingerprint density at radius 3 is 2.54 bits per heavy atom. The molecule has 0 atom stereocenters. The summed E-state index contributed by atoms with van der Waals surface area (Å²) < 4.78 is 0. The molecule has 0 radical (unpaired) electrons. The maximum absolute atomic E-state index is 6.06. The van der Waals surface area contributed by atoms with Crippen molar-refractivity contribution in [1.82, 2.24) is 15.0 Å². The first kappa shape index (κ1) is 8.51. The van der Waals surface area contributed by atoms with Crippen LogP contribution in [0.3, 0.4) is 0 Å². The highest BCUT2D eigenvalue weighted by Gasteiger charge is 2.09. The normalized spacial score (nSPS) is 11.1. The van der Waals surface area contributed by atoms with Gasteiger partial charge in [0.2, 0.25) is 0 Å². The van der Waals surface area contributed by atoms with E-state index in [-0.39, 0.29) is 0 Å². The molecule has 0 aliphatic heterocycles. The van der Waals surface area contributed by atoms with E-state index in [1.165, 1.54) is 0 Å². The van der Waals surface area contributed by atoms with E-state index in [0.29, 0.717) is 0 Å². The van der Waals surface area contributed by atoms with Crippen LogP contribution in [0.25, 0.3) is 11.2 Å². The molecule has 0 unspecified atom stereocenters. The Balaban J connectivity index is 2.92. The molecule has 2 rings (SSSR count). The summed E-state index contributed by atoms with van der Waals surface area (Å²) in [6.45, 7) is 5.76. The lowest BCUT2D eigenvalue weighted by atomic mass is 10.2. The second kappa shape index (κ2) is 2.70. The molecule has 2 aromatic rings. The summed E-state index contributed by atoms with van der Waals surface area (Å²) >= 11 is 6.06. The van der Waals surface area contributed by atoms with Crippen LogP contribution in [-0.2, 0) is 0 Å². The summed E-state index contributed by atoms with van der Waals surface area (Å²) in [5, 5.41) is 0.719. The largest absolute Gasteiger partial charge is 0.341 e. The number of aromatic amines is 1. The molecule has 0 saturated carbocycles. The van der Waals surface area contributed by atoms with Gasteiger partial charge in [0.05, 0.1) is 16.2 Å². The Hall–Kier alpha value is -1.09. The summed E-state index contributed by atoms with van der Waals surface area (Å²) in [7, 11) is 0. The van der Waals surface area contributed by atoms with E-state index in [1.807, 2.05) is 20.8 Å². The van der Waals surface area contributed by atoms with Gasteiger partial charge in [0, 0.05) is 0 Å². The van der Waals surface area contributed by atoms with E-state index >= 15 is 0 Å². The van der Waals surface area contributed by atoms with Crippen molar-refractivity contribution in [2.75, 3.05) is 0 Å². The molecule has 0 aliphatic rings. The van der Waals surface area contributed by atoms with Crippen LogP contribution in [0, 0.1) is 20.8 Å². The van der Waals surface area contributed by atoms with E-state index in [4.69, 9.17) is 11.6 Å². The molecule has 2 heterocycles. The molecule has 0 saturated heterocycles. The molecular formula is C9H10ClN3. The highest BCUT2D eigenvalue weighted by molar-refractivity contribution is 6.32. The van der Waals surface area contributed by atoms with Crippen LogP contribution in [-0.4, -0.2) is 15.0 Å². The minimum absolute atomic E-state index is 0.719. The Bertz CT molecular complexity index is 473. The molecule has 68 valence electrons. The lowest BCUT2D eigenvalue weighted by Crippen LogP contribution is -1.88. The van der Waals surface area contributed by atoms with Gasteiger partial charge in [-0.1, -0.05) is 11.6 Å². The topological polar surface area (TPSA) is 41.6 Å². The third-order valence-corrected chi connectivity index (χ3v) is 2.66. The number of rotatable bonds is 0. The molecule has 0 bridgehead atoms. The maximum atomic E-state index is 6.06. The van der Waals surface area contributed by atoms with Crippen LogP contribution in [0.5, 0.6) is 0 Å². The van der Waals surface area contributed by atoms with Crippen molar-refractivity contribution in [3.8, 4) is 0 Å². The Labute approximate surface area is 81.2 Å². The van der Waals surface area contributed by atoms with Crippen LogP contribution >= 0.6 is 11.6 Å². The fraction of sp³-hybridized carbons (Fsp3) is 0.333. The average molecular weight is 196 g/mol. The van der Waals surface area contributed by atoms with Gasteiger partial charge in [-0.15, -0.1) is 0 Å². The van der Waals surface area contributed by atoms with Gasteiger partial charge in [-0.2, -0.15) is 0 Å². The standard InChI is InChI=1S/C9H10ClN3/c1-4-7(10)5(2)11-9-8(4)12-6(3)13-9/h1-3H3,(H,11,12,13). The van der Waals surface area contributed by atoms with Gasteiger partial charge in [0.15, 0.2) is 5.65 Å². The third kappa shape index (κ3) is 1.20. The second-order valence-electron chi connectivity index (χ2n) is 3.16. The first-order chi connectivity index (χ1) is 6.09. The molecule has 0 aromatic carbocycles. The fourth-order valence-electron chi connectivity index (χ4n) is 1.41. The van der Waals surface area contributed by atoms with Crippen LogP contribution in [0.4, 0.5) is 0 Å². The van der Waals surface area contributed by atoms with Crippen LogP contribution in [0.1, 0.15) is 17.1 Å². The molecular weight excluding hydrogens is 186 g/mol. The highest BCUT2D eigenvalue weighted by Crippen LogP contribution is 2.24. The van der Waals surface area contributed by atoms with E-state index in [1.54, 1.807) is 0 Å². The Morgan fingerprint density at radius 1 is 1.15 bits per heavy atom. The number of halogens is 1. The summed E-state index contributed by atoms with van der Waals surface area (Å²) in [5.41, 5.74) is 3.54. The maximum Gasteiger partial charge on any atom is 0.178 e. The first-order valence-electron chi connectivity index (χ1n) is 4.08. The molecule has 0 spiro atoms. The number of fused-ring (bicyclic) bond motifs is 1. The number of H-pyrrole nitrogens is 1. The molecule has 13 heavy (non-hydrogen) atoms. The minimum Gasteiger partial charge on any atom is -0.341 e. The molecule has 3 nitrogen and oxygen atoms in total. The van der Waals surface area contributed by atoms with Crippen molar-refractivity contribution >= 4 is 22.8 Å². The number of aromatic nitrogens is 3. The van der Waals surface area contributed by atoms with E-state index < -0.39 is 0 Å². The summed E-state index contributed by atoms with van der Waals surface area (Å²) in [6.07, 6.45) is 0. The van der Waals surface area contributed by atoms with Crippen molar-refractivity contribution in [2.45, 2.75) is 20.8 Å². The van der Waals surface area contributed by atoms with Crippen LogP contribution in [0.15, 0.2) is 0 Å². The van der Waals surface area contributed by atoms with Crippen molar-refractivity contribution in [1.29, 1.82) is 0 Å². The quantitative estimate of drug-likeness (QED) is 0.702. The zero-order valence-corrected chi connectivity index (χ0v) is 8.53. The highest BCUT2D eigenvalue weighted by atomic mass is 35.5. The van der Waals surface area contributed by atoms with Crippen molar-refractivity contribution in [3.63, 3.8) is 0 Å². The second-order valence-corrected chi connectivity index (χ2v) is 3.53.